The number of carbonyl (C=O) groups is 2. The molecule has 76 valence electrons. The van der Waals surface area contributed by atoms with Crippen molar-refractivity contribution in [3.05, 3.63) is 22.4 Å². The van der Waals surface area contributed by atoms with E-state index in [1.54, 1.807) is 17.5 Å². The molecule has 0 fully saturated rings. The van der Waals surface area contributed by atoms with Gasteiger partial charge in [-0.3, -0.25) is 9.59 Å². The maximum absolute atomic E-state index is 11.5. The highest BCUT2D eigenvalue weighted by Gasteiger charge is 2.20. The molecule has 1 rings (SSSR count). The molecule has 0 amide bonds. The van der Waals surface area contributed by atoms with Crippen molar-refractivity contribution in [2.24, 2.45) is 0 Å². The van der Waals surface area contributed by atoms with E-state index in [0.29, 0.717) is 4.88 Å². The summed E-state index contributed by atoms with van der Waals surface area (Å²) in [5.41, 5.74) is 0. The van der Waals surface area contributed by atoms with Crippen LogP contribution in [0.25, 0.3) is 0 Å². The first-order valence-electron chi connectivity index (χ1n) is 4.12. The number of carboxylic acid groups (broad SMARTS) is 1. The van der Waals surface area contributed by atoms with E-state index in [0.717, 1.165) is 0 Å². The molecule has 1 unspecified atom stereocenters. The normalized spacial score (nSPS) is 12.4. The molecular formula is C9H11NO3S. The van der Waals surface area contributed by atoms with Crippen molar-refractivity contribution in [3.63, 3.8) is 0 Å². The fourth-order valence-electron chi connectivity index (χ4n) is 1.04. The van der Waals surface area contributed by atoms with Gasteiger partial charge in [-0.05, 0) is 18.5 Å². The second-order valence-electron chi connectivity index (χ2n) is 2.78. The van der Waals surface area contributed by atoms with Gasteiger partial charge >= 0.3 is 5.97 Å². The van der Waals surface area contributed by atoms with E-state index in [9.17, 15) is 9.59 Å². The zero-order chi connectivity index (χ0) is 10.6. The van der Waals surface area contributed by atoms with Gasteiger partial charge in [0.1, 0.15) is 6.04 Å². The number of carbonyl (C=O) groups excluding carboxylic acids is 1. The van der Waals surface area contributed by atoms with Crippen LogP contribution in [0.2, 0.25) is 0 Å². The molecule has 0 aliphatic heterocycles. The van der Waals surface area contributed by atoms with E-state index in [1.165, 1.54) is 18.4 Å². The number of hydrogen-bond donors (Lipinski definition) is 2. The standard InChI is InChI=1S/C9H11NO3S/c1-10-6(9(12)13)5-7(11)8-3-2-4-14-8/h2-4,6,10H,5H2,1H3,(H,12,13). The lowest BCUT2D eigenvalue weighted by molar-refractivity contribution is -0.139. The number of hydrogen-bond acceptors (Lipinski definition) is 4. The van der Waals surface area contributed by atoms with Crippen LogP contribution in [0.15, 0.2) is 17.5 Å². The summed E-state index contributed by atoms with van der Waals surface area (Å²) in [5.74, 6) is -1.14. The van der Waals surface area contributed by atoms with Crippen LogP contribution >= 0.6 is 11.3 Å². The molecule has 1 atom stereocenters. The lowest BCUT2D eigenvalue weighted by Gasteiger charge is -2.08. The second-order valence-corrected chi connectivity index (χ2v) is 3.73. The largest absolute Gasteiger partial charge is 0.480 e. The first-order chi connectivity index (χ1) is 6.65. The minimum absolute atomic E-state index is 0.00759. The Kier molecular flexibility index (Phi) is 3.79. The number of Topliss-reactive ketones (excluding diaryl/α,β-unsaturated/α-hetero) is 1. The van der Waals surface area contributed by atoms with Crippen molar-refractivity contribution in [2.75, 3.05) is 7.05 Å². The molecule has 1 heterocycles. The van der Waals surface area contributed by atoms with Crippen molar-refractivity contribution in [2.45, 2.75) is 12.5 Å². The molecule has 0 saturated carbocycles. The lowest BCUT2D eigenvalue weighted by atomic mass is 10.1. The Bertz CT molecular complexity index is 321. The van der Waals surface area contributed by atoms with Crippen LogP contribution in [0.1, 0.15) is 16.1 Å². The monoisotopic (exact) mass is 213 g/mol. The average Bonchev–Trinajstić information content (AvgIpc) is 2.65. The molecule has 1 aromatic heterocycles. The van der Waals surface area contributed by atoms with Gasteiger partial charge in [0.15, 0.2) is 5.78 Å². The summed E-state index contributed by atoms with van der Waals surface area (Å²) in [6.07, 6.45) is -0.00759. The number of ketones is 1. The maximum atomic E-state index is 11.5. The average molecular weight is 213 g/mol. The van der Waals surface area contributed by atoms with Crippen molar-refractivity contribution in [3.8, 4) is 0 Å². The molecule has 1 aromatic rings. The minimum atomic E-state index is -1.00. The number of likely N-dealkylation sites (N-methyl/N-ethyl adjacent to an activating group) is 1. The molecule has 0 aliphatic rings. The Morgan fingerprint density at radius 2 is 2.36 bits per heavy atom. The summed E-state index contributed by atoms with van der Waals surface area (Å²) in [5, 5.41) is 13.1. The summed E-state index contributed by atoms with van der Waals surface area (Å²) in [4.78, 5) is 22.7. The van der Waals surface area contributed by atoms with Gasteiger partial charge in [-0.25, -0.2) is 0 Å². The van der Waals surface area contributed by atoms with Gasteiger partial charge in [0.25, 0.3) is 0 Å². The van der Waals surface area contributed by atoms with Gasteiger partial charge in [0.2, 0.25) is 0 Å². The van der Waals surface area contributed by atoms with Crippen molar-refractivity contribution < 1.29 is 14.7 Å². The lowest BCUT2D eigenvalue weighted by Crippen LogP contribution is -2.35. The number of nitrogens with one attached hydrogen (secondary N) is 1. The van der Waals surface area contributed by atoms with Gasteiger partial charge in [-0.15, -0.1) is 11.3 Å². The van der Waals surface area contributed by atoms with Crippen LogP contribution in [-0.2, 0) is 4.79 Å². The smallest absolute Gasteiger partial charge is 0.321 e. The number of rotatable bonds is 5. The third kappa shape index (κ3) is 2.65. The molecule has 0 radical (unpaired) electrons. The summed E-state index contributed by atoms with van der Waals surface area (Å²) in [6, 6.07) is 2.67. The van der Waals surface area contributed by atoms with E-state index in [1.807, 2.05) is 0 Å². The van der Waals surface area contributed by atoms with E-state index in [-0.39, 0.29) is 12.2 Å². The predicted octanol–water partition coefficient (Wildman–Crippen LogP) is 0.993. The third-order valence-corrected chi connectivity index (χ3v) is 2.74. The second kappa shape index (κ2) is 4.88. The van der Waals surface area contributed by atoms with Crippen molar-refractivity contribution in [1.29, 1.82) is 0 Å². The Labute approximate surface area is 85.6 Å². The van der Waals surface area contributed by atoms with Gasteiger partial charge in [-0.1, -0.05) is 6.07 Å². The highest BCUT2D eigenvalue weighted by Crippen LogP contribution is 2.12. The number of aliphatic carboxylic acids is 1. The molecule has 14 heavy (non-hydrogen) atoms. The quantitative estimate of drug-likeness (QED) is 0.716. The zero-order valence-electron chi connectivity index (χ0n) is 7.69. The van der Waals surface area contributed by atoms with Gasteiger partial charge in [0, 0.05) is 6.42 Å². The molecule has 0 aromatic carbocycles. The van der Waals surface area contributed by atoms with Crippen LogP contribution in [0.4, 0.5) is 0 Å². The fourth-order valence-corrected chi connectivity index (χ4v) is 1.71. The van der Waals surface area contributed by atoms with Gasteiger partial charge < -0.3 is 10.4 Å². The van der Waals surface area contributed by atoms with Crippen LogP contribution < -0.4 is 5.32 Å². The van der Waals surface area contributed by atoms with E-state index >= 15 is 0 Å². The topological polar surface area (TPSA) is 66.4 Å². The van der Waals surface area contributed by atoms with Gasteiger partial charge in [-0.2, -0.15) is 0 Å². The molecular weight excluding hydrogens is 202 g/mol. The fraction of sp³-hybridized carbons (Fsp3) is 0.333. The Morgan fingerprint density at radius 1 is 1.64 bits per heavy atom. The van der Waals surface area contributed by atoms with Crippen molar-refractivity contribution in [1.82, 2.24) is 5.32 Å². The summed E-state index contributed by atoms with van der Waals surface area (Å²) < 4.78 is 0. The van der Waals surface area contributed by atoms with Crippen LogP contribution in [0.3, 0.4) is 0 Å². The predicted molar refractivity (Wildman–Crippen MR) is 53.8 cm³/mol. The molecule has 0 aliphatic carbocycles. The Morgan fingerprint density at radius 3 is 2.79 bits per heavy atom. The first-order valence-corrected chi connectivity index (χ1v) is 5.00. The SMILES string of the molecule is CNC(CC(=O)c1cccs1)C(=O)O. The summed E-state index contributed by atoms with van der Waals surface area (Å²) >= 11 is 1.32. The van der Waals surface area contributed by atoms with Crippen LogP contribution in [-0.4, -0.2) is 29.9 Å². The Hall–Kier alpha value is -1.20. The molecule has 4 nitrogen and oxygen atoms in total. The minimum Gasteiger partial charge on any atom is -0.480 e. The number of carboxylic acids is 1. The van der Waals surface area contributed by atoms with Crippen LogP contribution in [0, 0.1) is 0 Å². The van der Waals surface area contributed by atoms with Crippen molar-refractivity contribution >= 4 is 23.1 Å². The highest BCUT2D eigenvalue weighted by atomic mass is 32.1. The third-order valence-electron chi connectivity index (χ3n) is 1.83. The van der Waals surface area contributed by atoms with Crippen LogP contribution in [0.5, 0.6) is 0 Å². The zero-order valence-corrected chi connectivity index (χ0v) is 8.50. The summed E-state index contributed by atoms with van der Waals surface area (Å²) in [7, 11) is 1.53. The van der Waals surface area contributed by atoms with E-state index in [2.05, 4.69) is 5.32 Å². The molecule has 0 saturated heterocycles. The first kappa shape index (κ1) is 10.9. The Balaban J connectivity index is 2.60. The molecule has 2 N–H and O–H groups in total. The van der Waals surface area contributed by atoms with E-state index in [4.69, 9.17) is 5.11 Å². The highest BCUT2D eigenvalue weighted by molar-refractivity contribution is 7.12. The molecule has 5 heteroatoms. The number of thiophene rings is 1. The van der Waals surface area contributed by atoms with E-state index < -0.39 is 12.0 Å². The van der Waals surface area contributed by atoms with Gasteiger partial charge in [0.05, 0.1) is 4.88 Å². The summed E-state index contributed by atoms with van der Waals surface area (Å²) in [6.45, 7) is 0. The molecule has 0 spiro atoms. The maximum Gasteiger partial charge on any atom is 0.321 e. The molecule has 0 bridgehead atoms.